The standard InChI is InChI=1S/C23H22BrNO5S/c1-16-13-18(24)14-21(23(26)30-3)22(16)25(15-17-7-5-4-6-8-17)31(27,28)20-11-9-19(29-2)10-12-20/h4-14H,15H2,1-3H3. The lowest BCUT2D eigenvalue weighted by Crippen LogP contribution is -2.32. The van der Waals surface area contributed by atoms with Crippen LogP contribution in [0.15, 0.2) is 76.1 Å². The molecule has 0 saturated heterocycles. The maximum absolute atomic E-state index is 13.8. The molecule has 0 spiro atoms. The van der Waals surface area contributed by atoms with Gasteiger partial charge in [0, 0.05) is 4.47 Å². The smallest absolute Gasteiger partial charge is 0.340 e. The number of carbonyl (C=O) groups is 1. The van der Waals surface area contributed by atoms with Gasteiger partial charge in [0.2, 0.25) is 0 Å². The predicted octanol–water partition coefficient (Wildman–Crippen LogP) is 4.95. The summed E-state index contributed by atoms with van der Waals surface area (Å²) in [6, 6.07) is 18.7. The number of carbonyl (C=O) groups excluding carboxylic acids is 1. The molecule has 0 fully saturated rings. The van der Waals surface area contributed by atoms with Crippen LogP contribution in [0.25, 0.3) is 0 Å². The van der Waals surface area contributed by atoms with E-state index >= 15 is 0 Å². The Bertz CT molecular complexity index is 1180. The Morgan fingerprint density at radius 3 is 2.23 bits per heavy atom. The maximum Gasteiger partial charge on any atom is 0.340 e. The Balaban J connectivity index is 2.24. The van der Waals surface area contributed by atoms with Gasteiger partial charge < -0.3 is 9.47 Å². The molecule has 0 N–H and O–H groups in total. The first-order chi connectivity index (χ1) is 14.8. The van der Waals surface area contributed by atoms with E-state index in [1.807, 2.05) is 30.3 Å². The fourth-order valence-corrected chi connectivity index (χ4v) is 5.35. The molecule has 0 heterocycles. The number of aryl methyl sites for hydroxylation is 1. The predicted molar refractivity (Wildman–Crippen MR) is 123 cm³/mol. The Kier molecular flexibility index (Phi) is 7.02. The van der Waals surface area contributed by atoms with Gasteiger partial charge in [-0.25, -0.2) is 13.2 Å². The first-order valence-corrected chi connectivity index (χ1v) is 11.6. The zero-order valence-corrected chi connectivity index (χ0v) is 19.7. The van der Waals surface area contributed by atoms with Crippen LogP contribution in [-0.4, -0.2) is 28.6 Å². The van der Waals surface area contributed by atoms with Crippen molar-refractivity contribution in [3.63, 3.8) is 0 Å². The summed E-state index contributed by atoms with van der Waals surface area (Å²) in [7, 11) is -1.24. The highest BCUT2D eigenvalue weighted by atomic mass is 79.9. The summed E-state index contributed by atoms with van der Waals surface area (Å²) in [5.41, 5.74) is 1.82. The number of nitrogens with zero attached hydrogens (tertiary/aromatic N) is 1. The Morgan fingerprint density at radius 2 is 1.65 bits per heavy atom. The second kappa shape index (κ2) is 9.53. The molecule has 0 aliphatic heterocycles. The van der Waals surface area contributed by atoms with E-state index in [4.69, 9.17) is 9.47 Å². The van der Waals surface area contributed by atoms with E-state index in [9.17, 15) is 13.2 Å². The molecule has 3 rings (SSSR count). The van der Waals surface area contributed by atoms with E-state index in [-0.39, 0.29) is 22.7 Å². The monoisotopic (exact) mass is 503 g/mol. The van der Waals surface area contributed by atoms with Gasteiger partial charge in [0.1, 0.15) is 5.75 Å². The molecule has 0 saturated carbocycles. The van der Waals surface area contributed by atoms with Crippen molar-refractivity contribution in [2.75, 3.05) is 18.5 Å². The molecule has 0 bridgehead atoms. The third-order valence-corrected chi connectivity index (χ3v) is 6.95. The molecule has 31 heavy (non-hydrogen) atoms. The van der Waals surface area contributed by atoms with Gasteiger partial charge in [0.05, 0.1) is 36.9 Å². The molecule has 0 amide bonds. The number of rotatable bonds is 7. The minimum Gasteiger partial charge on any atom is -0.497 e. The quantitative estimate of drug-likeness (QED) is 0.426. The topological polar surface area (TPSA) is 72.9 Å². The Morgan fingerprint density at radius 1 is 1.00 bits per heavy atom. The molecule has 3 aromatic rings. The molecule has 6 nitrogen and oxygen atoms in total. The second-order valence-corrected chi connectivity index (χ2v) is 9.56. The number of hydrogen-bond donors (Lipinski definition) is 0. The summed E-state index contributed by atoms with van der Waals surface area (Å²) >= 11 is 3.38. The SMILES string of the molecule is COC(=O)c1cc(Br)cc(C)c1N(Cc1ccccc1)S(=O)(=O)c1ccc(OC)cc1. The summed E-state index contributed by atoms with van der Waals surface area (Å²) in [6.07, 6.45) is 0. The number of ether oxygens (including phenoxy) is 2. The van der Waals surface area contributed by atoms with Crippen LogP contribution in [0.1, 0.15) is 21.5 Å². The van der Waals surface area contributed by atoms with Gasteiger partial charge in [-0.15, -0.1) is 0 Å². The zero-order valence-electron chi connectivity index (χ0n) is 17.3. The fourth-order valence-electron chi connectivity index (χ4n) is 3.24. The van der Waals surface area contributed by atoms with Crippen LogP contribution < -0.4 is 9.04 Å². The van der Waals surface area contributed by atoms with Gasteiger partial charge in [0.15, 0.2) is 0 Å². The van der Waals surface area contributed by atoms with Crippen molar-refractivity contribution >= 4 is 37.6 Å². The van der Waals surface area contributed by atoms with Gasteiger partial charge in [-0.2, -0.15) is 0 Å². The largest absolute Gasteiger partial charge is 0.497 e. The molecule has 0 radical (unpaired) electrons. The van der Waals surface area contributed by atoms with Crippen molar-refractivity contribution in [2.24, 2.45) is 0 Å². The van der Waals surface area contributed by atoms with Crippen molar-refractivity contribution in [1.82, 2.24) is 0 Å². The van der Waals surface area contributed by atoms with Gasteiger partial charge in [-0.05, 0) is 54.4 Å². The second-order valence-electron chi connectivity index (χ2n) is 6.78. The van der Waals surface area contributed by atoms with Gasteiger partial charge in [-0.1, -0.05) is 46.3 Å². The molecule has 0 aromatic heterocycles. The van der Waals surface area contributed by atoms with Crippen molar-refractivity contribution in [1.29, 1.82) is 0 Å². The fraction of sp³-hybridized carbons (Fsp3) is 0.174. The Labute approximate surface area is 190 Å². The molecule has 0 aliphatic carbocycles. The van der Waals surface area contributed by atoms with Crippen LogP contribution >= 0.6 is 15.9 Å². The number of anilines is 1. The minimum absolute atomic E-state index is 0.0433. The average Bonchev–Trinajstić information content (AvgIpc) is 2.77. The summed E-state index contributed by atoms with van der Waals surface area (Å²) in [5.74, 6) is -0.0778. The van der Waals surface area contributed by atoms with Crippen LogP contribution in [0.5, 0.6) is 5.75 Å². The minimum atomic E-state index is -4.02. The van der Waals surface area contributed by atoms with E-state index in [1.54, 1.807) is 31.2 Å². The van der Waals surface area contributed by atoms with Crippen LogP contribution in [0.4, 0.5) is 5.69 Å². The van der Waals surface area contributed by atoms with E-state index < -0.39 is 16.0 Å². The van der Waals surface area contributed by atoms with Crippen molar-refractivity contribution < 1.29 is 22.7 Å². The third kappa shape index (κ3) is 4.91. The van der Waals surface area contributed by atoms with Crippen molar-refractivity contribution in [2.45, 2.75) is 18.4 Å². The van der Waals surface area contributed by atoms with Crippen molar-refractivity contribution in [3.8, 4) is 5.75 Å². The van der Waals surface area contributed by atoms with E-state index in [1.165, 1.54) is 30.7 Å². The zero-order chi connectivity index (χ0) is 22.6. The molecule has 0 aliphatic rings. The number of sulfonamides is 1. The number of halogens is 1. The maximum atomic E-state index is 13.8. The number of hydrogen-bond acceptors (Lipinski definition) is 5. The Hall–Kier alpha value is -2.84. The number of esters is 1. The lowest BCUT2D eigenvalue weighted by molar-refractivity contribution is 0.0601. The summed E-state index contributed by atoms with van der Waals surface area (Å²) < 4.78 is 39.5. The van der Waals surface area contributed by atoms with E-state index in [0.29, 0.717) is 15.8 Å². The number of benzene rings is 3. The highest BCUT2D eigenvalue weighted by Crippen LogP contribution is 2.35. The molecular formula is C23H22BrNO5S. The highest BCUT2D eigenvalue weighted by Gasteiger charge is 2.31. The third-order valence-electron chi connectivity index (χ3n) is 4.74. The normalized spacial score (nSPS) is 11.1. The number of methoxy groups -OCH3 is 2. The molecule has 3 aromatic carbocycles. The molecule has 0 atom stereocenters. The van der Waals surface area contributed by atoms with E-state index in [2.05, 4.69) is 15.9 Å². The van der Waals surface area contributed by atoms with Gasteiger partial charge in [0.25, 0.3) is 10.0 Å². The summed E-state index contributed by atoms with van der Waals surface area (Å²) in [5, 5.41) is 0. The van der Waals surface area contributed by atoms with Gasteiger partial charge in [-0.3, -0.25) is 4.31 Å². The lowest BCUT2D eigenvalue weighted by atomic mass is 10.1. The van der Waals surface area contributed by atoms with Crippen LogP contribution in [0.2, 0.25) is 0 Å². The van der Waals surface area contributed by atoms with Crippen LogP contribution in [0, 0.1) is 6.92 Å². The molecule has 8 heteroatoms. The average molecular weight is 504 g/mol. The first kappa shape index (κ1) is 22.8. The van der Waals surface area contributed by atoms with E-state index in [0.717, 1.165) is 5.56 Å². The summed E-state index contributed by atoms with van der Waals surface area (Å²) in [4.78, 5) is 12.6. The molecule has 162 valence electrons. The van der Waals surface area contributed by atoms with Gasteiger partial charge >= 0.3 is 5.97 Å². The molecule has 0 unspecified atom stereocenters. The van der Waals surface area contributed by atoms with Crippen LogP contribution in [0.3, 0.4) is 0 Å². The first-order valence-electron chi connectivity index (χ1n) is 9.37. The van der Waals surface area contributed by atoms with Crippen LogP contribution in [-0.2, 0) is 21.3 Å². The summed E-state index contributed by atoms with van der Waals surface area (Å²) in [6.45, 7) is 1.80. The molecular weight excluding hydrogens is 482 g/mol. The lowest BCUT2D eigenvalue weighted by Gasteiger charge is -2.28. The van der Waals surface area contributed by atoms with Crippen molar-refractivity contribution in [3.05, 3.63) is 87.9 Å². The highest BCUT2D eigenvalue weighted by molar-refractivity contribution is 9.10.